The van der Waals surface area contributed by atoms with Gasteiger partial charge in [-0.15, -0.1) is 0 Å². The van der Waals surface area contributed by atoms with E-state index in [1.54, 1.807) is 19.2 Å². The Kier molecular flexibility index (Phi) is 3.06. The number of hydrogen-bond donors (Lipinski definition) is 1. The number of rotatable bonds is 2. The van der Waals surface area contributed by atoms with E-state index in [2.05, 4.69) is 4.98 Å². The number of benzene rings is 2. The summed E-state index contributed by atoms with van der Waals surface area (Å²) in [7, 11) is 1.63. The maximum absolute atomic E-state index is 9.07. The topological polar surface area (TPSA) is 72.6 Å². The molecule has 4 heteroatoms. The number of aromatic amines is 1. The fourth-order valence-electron chi connectivity index (χ4n) is 2.29. The van der Waals surface area contributed by atoms with Gasteiger partial charge in [-0.05, 0) is 48.0 Å². The van der Waals surface area contributed by atoms with Crippen molar-refractivity contribution in [3.8, 4) is 29.1 Å². The fraction of sp³-hybridized carbons (Fsp3) is 0.0588. The predicted octanol–water partition coefficient (Wildman–Crippen LogP) is 3.59. The Labute approximate surface area is 121 Å². The molecular formula is C17H11N3O. The lowest BCUT2D eigenvalue weighted by Crippen LogP contribution is -1.83. The molecule has 0 spiro atoms. The van der Waals surface area contributed by atoms with Crippen molar-refractivity contribution in [1.29, 1.82) is 10.5 Å². The van der Waals surface area contributed by atoms with E-state index in [-0.39, 0.29) is 0 Å². The minimum Gasteiger partial charge on any atom is -0.497 e. The van der Waals surface area contributed by atoms with Crippen LogP contribution in [0.15, 0.2) is 42.5 Å². The molecule has 0 saturated carbocycles. The highest BCUT2D eigenvalue weighted by Crippen LogP contribution is 2.27. The summed E-state index contributed by atoms with van der Waals surface area (Å²) in [5.41, 5.74) is 3.57. The summed E-state index contributed by atoms with van der Waals surface area (Å²) in [6, 6.07) is 17.2. The SMILES string of the molecule is COc1ccc(-c2cc3cc(C#N)c(C#N)cc3[nH]2)cc1. The van der Waals surface area contributed by atoms with Crippen molar-refractivity contribution in [1.82, 2.24) is 4.98 Å². The molecule has 2 aromatic carbocycles. The van der Waals surface area contributed by atoms with Crippen molar-refractivity contribution in [3.63, 3.8) is 0 Å². The van der Waals surface area contributed by atoms with Crippen molar-refractivity contribution >= 4 is 10.9 Å². The maximum atomic E-state index is 9.07. The third kappa shape index (κ3) is 2.20. The van der Waals surface area contributed by atoms with Gasteiger partial charge in [0.1, 0.15) is 17.9 Å². The fourth-order valence-corrected chi connectivity index (χ4v) is 2.29. The molecule has 1 N–H and O–H groups in total. The molecule has 3 rings (SSSR count). The van der Waals surface area contributed by atoms with Gasteiger partial charge in [0.2, 0.25) is 0 Å². The molecule has 4 nitrogen and oxygen atoms in total. The Hall–Kier alpha value is -3.24. The Morgan fingerprint density at radius 1 is 0.952 bits per heavy atom. The van der Waals surface area contributed by atoms with E-state index in [0.717, 1.165) is 27.9 Å². The van der Waals surface area contributed by atoms with E-state index in [1.165, 1.54) is 0 Å². The van der Waals surface area contributed by atoms with Gasteiger partial charge in [0, 0.05) is 16.6 Å². The van der Waals surface area contributed by atoms with Crippen molar-refractivity contribution in [2.75, 3.05) is 7.11 Å². The van der Waals surface area contributed by atoms with E-state index in [1.807, 2.05) is 42.5 Å². The molecule has 0 aliphatic heterocycles. The minimum absolute atomic E-state index is 0.383. The quantitative estimate of drug-likeness (QED) is 0.775. The highest BCUT2D eigenvalue weighted by Gasteiger charge is 2.08. The van der Waals surface area contributed by atoms with Crippen LogP contribution in [0.1, 0.15) is 11.1 Å². The van der Waals surface area contributed by atoms with Crippen LogP contribution >= 0.6 is 0 Å². The first-order chi connectivity index (χ1) is 10.2. The Morgan fingerprint density at radius 3 is 2.24 bits per heavy atom. The van der Waals surface area contributed by atoms with Gasteiger partial charge >= 0.3 is 0 Å². The second kappa shape index (κ2) is 5.03. The van der Waals surface area contributed by atoms with Crippen LogP contribution in [0, 0.1) is 22.7 Å². The first-order valence-electron chi connectivity index (χ1n) is 6.36. The number of nitrogens with one attached hydrogen (secondary N) is 1. The van der Waals surface area contributed by atoms with Gasteiger partial charge < -0.3 is 9.72 Å². The average Bonchev–Trinajstić information content (AvgIpc) is 2.96. The van der Waals surface area contributed by atoms with Crippen LogP contribution < -0.4 is 4.74 Å². The Balaban J connectivity index is 2.12. The summed E-state index contributed by atoms with van der Waals surface area (Å²) in [6.07, 6.45) is 0. The second-order valence-electron chi connectivity index (χ2n) is 4.62. The summed E-state index contributed by atoms with van der Waals surface area (Å²) in [6.45, 7) is 0. The van der Waals surface area contributed by atoms with E-state index < -0.39 is 0 Å². The highest BCUT2D eigenvalue weighted by molar-refractivity contribution is 5.88. The van der Waals surface area contributed by atoms with Gasteiger partial charge in [-0.1, -0.05) is 0 Å². The normalized spacial score (nSPS) is 10.0. The first kappa shape index (κ1) is 12.8. The molecule has 0 aliphatic carbocycles. The summed E-state index contributed by atoms with van der Waals surface area (Å²) in [5.74, 6) is 0.799. The minimum atomic E-state index is 0.383. The maximum Gasteiger partial charge on any atom is 0.118 e. The molecule has 3 aromatic rings. The van der Waals surface area contributed by atoms with E-state index in [4.69, 9.17) is 15.3 Å². The second-order valence-corrected chi connectivity index (χ2v) is 4.62. The monoisotopic (exact) mass is 273 g/mol. The van der Waals surface area contributed by atoms with Crippen molar-refractivity contribution in [3.05, 3.63) is 53.6 Å². The van der Waals surface area contributed by atoms with Gasteiger partial charge in [-0.3, -0.25) is 0 Å². The molecule has 0 amide bonds. The summed E-state index contributed by atoms with van der Waals surface area (Å²) < 4.78 is 5.14. The number of nitriles is 2. The Bertz CT molecular complexity index is 842. The number of nitrogens with zero attached hydrogens (tertiary/aromatic N) is 2. The first-order valence-corrected chi connectivity index (χ1v) is 6.36. The molecule has 0 radical (unpaired) electrons. The number of H-pyrrole nitrogens is 1. The zero-order valence-electron chi connectivity index (χ0n) is 11.3. The van der Waals surface area contributed by atoms with Gasteiger partial charge in [-0.2, -0.15) is 10.5 Å². The standard InChI is InChI=1S/C17H11N3O/c1-21-15-4-2-11(3-5-15)16-7-12-6-13(9-18)14(10-19)8-17(12)20-16/h2-8,20H,1H3. The van der Waals surface area contributed by atoms with Crippen LogP contribution in [0.5, 0.6) is 5.75 Å². The highest BCUT2D eigenvalue weighted by atomic mass is 16.5. The number of hydrogen-bond acceptors (Lipinski definition) is 3. The molecule has 100 valence electrons. The number of methoxy groups -OCH3 is 1. The summed E-state index contributed by atoms with van der Waals surface area (Å²) in [4.78, 5) is 3.27. The van der Waals surface area contributed by atoms with Crippen molar-refractivity contribution < 1.29 is 4.74 Å². The lowest BCUT2D eigenvalue weighted by molar-refractivity contribution is 0.415. The third-order valence-corrected chi connectivity index (χ3v) is 3.40. The van der Waals surface area contributed by atoms with E-state index >= 15 is 0 Å². The zero-order valence-corrected chi connectivity index (χ0v) is 11.3. The van der Waals surface area contributed by atoms with Gasteiger partial charge in [0.15, 0.2) is 0 Å². The van der Waals surface area contributed by atoms with E-state index in [0.29, 0.717) is 11.1 Å². The Morgan fingerprint density at radius 2 is 1.62 bits per heavy atom. The van der Waals surface area contributed by atoms with Gasteiger partial charge in [0.25, 0.3) is 0 Å². The molecule has 1 heterocycles. The van der Waals surface area contributed by atoms with Gasteiger partial charge in [-0.25, -0.2) is 0 Å². The van der Waals surface area contributed by atoms with Gasteiger partial charge in [0.05, 0.1) is 18.2 Å². The predicted molar refractivity (Wildman–Crippen MR) is 79.7 cm³/mol. The summed E-state index contributed by atoms with van der Waals surface area (Å²) in [5, 5.41) is 19.0. The smallest absolute Gasteiger partial charge is 0.118 e. The van der Waals surface area contributed by atoms with Crippen LogP contribution in [0.4, 0.5) is 0 Å². The lowest BCUT2D eigenvalue weighted by Gasteiger charge is -2.01. The average molecular weight is 273 g/mol. The van der Waals surface area contributed by atoms with Crippen LogP contribution in [-0.2, 0) is 0 Å². The summed E-state index contributed by atoms with van der Waals surface area (Å²) >= 11 is 0. The molecule has 0 fully saturated rings. The number of aromatic nitrogens is 1. The molecule has 0 aliphatic rings. The molecule has 0 saturated heterocycles. The lowest BCUT2D eigenvalue weighted by atomic mass is 10.1. The molecular weight excluding hydrogens is 262 g/mol. The molecule has 21 heavy (non-hydrogen) atoms. The molecule has 0 bridgehead atoms. The number of ether oxygens (including phenoxy) is 1. The van der Waals surface area contributed by atoms with Crippen LogP contribution in [0.3, 0.4) is 0 Å². The van der Waals surface area contributed by atoms with Crippen LogP contribution in [-0.4, -0.2) is 12.1 Å². The third-order valence-electron chi connectivity index (χ3n) is 3.40. The van der Waals surface area contributed by atoms with Crippen LogP contribution in [0.25, 0.3) is 22.2 Å². The number of fused-ring (bicyclic) bond motifs is 1. The molecule has 0 atom stereocenters. The van der Waals surface area contributed by atoms with Crippen molar-refractivity contribution in [2.45, 2.75) is 0 Å². The molecule has 0 unspecified atom stereocenters. The molecule has 1 aromatic heterocycles. The zero-order chi connectivity index (χ0) is 14.8. The largest absolute Gasteiger partial charge is 0.497 e. The van der Waals surface area contributed by atoms with Crippen molar-refractivity contribution in [2.24, 2.45) is 0 Å². The van der Waals surface area contributed by atoms with E-state index in [9.17, 15) is 0 Å². The van der Waals surface area contributed by atoms with Crippen LogP contribution in [0.2, 0.25) is 0 Å².